The highest BCUT2D eigenvalue weighted by Crippen LogP contribution is 2.34. The van der Waals surface area contributed by atoms with Gasteiger partial charge in [0.1, 0.15) is 6.04 Å². The average molecular weight is 292 g/mol. The zero-order valence-electron chi connectivity index (χ0n) is 10.3. The molecule has 0 amide bonds. The fourth-order valence-electron chi connectivity index (χ4n) is 1.59. The molecule has 9 heteroatoms. The quantitative estimate of drug-likeness (QED) is 0.517. The molecule has 0 radical (unpaired) electrons. The van der Waals surface area contributed by atoms with Gasteiger partial charge in [0.2, 0.25) is 0 Å². The van der Waals surface area contributed by atoms with Gasteiger partial charge in [-0.25, -0.2) is 0 Å². The minimum atomic E-state index is -4.78. The lowest BCUT2D eigenvalue weighted by molar-refractivity contribution is -0.385. The van der Waals surface area contributed by atoms with Crippen LogP contribution in [0.4, 0.5) is 18.9 Å². The molecular weight excluding hydrogens is 281 g/mol. The molecule has 1 atom stereocenters. The van der Waals surface area contributed by atoms with Crippen molar-refractivity contribution in [3.63, 3.8) is 0 Å². The van der Waals surface area contributed by atoms with Crippen molar-refractivity contribution in [2.24, 2.45) is 5.73 Å². The van der Waals surface area contributed by atoms with E-state index in [0.717, 1.165) is 19.2 Å². The predicted molar refractivity (Wildman–Crippen MR) is 61.8 cm³/mol. The second-order valence-electron chi connectivity index (χ2n) is 3.93. The molecule has 2 N–H and O–H groups in total. The molecule has 0 bridgehead atoms. The van der Waals surface area contributed by atoms with Gasteiger partial charge in [-0.3, -0.25) is 14.9 Å². The predicted octanol–water partition coefficient (Wildman–Crippen LogP) is 1.66. The number of nitrogens with zero attached hydrogens (tertiary/aromatic N) is 1. The number of methoxy groups -OCH3 is 1. The van der Waals surface area contributed by atoms with Gasteiger partial charge in [0, 0.05) is 12.1 Å². The third-order valence-corrected chi connectivity index (χ3v) is 2.55. The van der Waals surface area contributed by atoms with E-state index < -0.39 is 40.8 Å². The number of rotatable bonds is 4. The van der Waals surface area contributed by atoms with Crippen LogP contribution in [0.3, 0.4) is 0 Å². The number of non-ortho nitro benzene ring substituents is 1. The first-order valence-corrected chi connectivity index (χ1v) is 5.34. The highest BCUT2D eigenvalue weighted by atomic mass is 19.4. The molecule has 0 unspecified atom stereocenters. The summed E-state index contributed by atoms with van der Waals surface area (Å²) < 4.78 is 42.9. The van der Waals surface area contributed by atoms with E-state index in [1.54, 1.807) is 0 Å². The summed E-state index contributed by atoms with van der Waals surface area (Å²) in [5, 5.41) is 10.5. The highest BCUT2D eigenvalue weighted by molar-refractivity contribution is 5.75. The summed E-state index contributed by atoms with van der Waals surface area (Å²) in [7, 11) is 1.06. The molecule has 0 aliphatic carbocycles. The number of ether oxygens (including phenoxy) is 1. The van der Waals surface area contributed by atoms with E-state index in [1.807, 2.05) is 0 Å². The highest BCUT2D eigenvalue weighted by Gasteiger charge is 2.35. The van der Waals surface area contributed by atoms with Crippen LogP contribution in [0.25, 0.3) is 0 Å². The SMILES string of the molecule is COC(=O)[C@H](N)Cc1ccc([N+](=O)[O-])cc1C(F)(F)F. The first-order valence-electron chi connectivity index (χ1n) is 5.34. The summed E-state index contributed by atoms with van der Waals surface area (Å²) in [6.07, 6.45) is -5.21. The number of alkyl halides is 3. The van der Waals surface area contributed by atoms with Gasteiger partial charge in [-0.05, 0) is 12.0 Å². The van der Waals surface area contributed by atoms with Crippen molar-refractivity contribution in [1.82, 2.24) is 0 Å². The lowest BCUT2D eigenvalue weighted by Gasteiger charge is -2.15. The molecule has 0 saturated carbocycles. The summed E-state index contributed by atoms with van der Waals surface area (Å²) in [5.41, 5.74) is 3.21. The van der Waals surface area contributed by atoms with Gasteiger partial charge >= 0.3 is 12.1 Å². The van der Waals surface area contributed by atoms with Crippen molar-refractivity contribution in [2.75, 3.05) is 7.11 Å². The minimum Gasteiger partial charge on any atom is -0.468 e. The number of esters is 1. The van der Waals surface area contributed by atoms with Crippen molar-refractivity contribution in [1.29, 1.82) is 0 Å². The van der Waals surface area contributed by atoms with E-state index in [4.69, 9.17) is 5.73 Å². The van der Waals surface area contributed by atoms with Gasteiger partial charge in [0.05, 0.1) is 17.6 Å². The summed E-state index contributed by atoms with van der Waals surface area (Å²) in [6, 6.07) is 1.00. The smallest absolute Gasteiger partial charge is 0.416 e. The molecule has 0 aliphatic rings. The molecule has 0 aromatic heterocycles. The standard InChI is InChI=1S/C11H11F3N2O4/c1-20-10(17)9(15)4-6-2-3-7(16(18)19)5-8(6)11(12,13)14/h2-3,5,9H,4,15H2,1H3/t9-/m1/s1. The van der Waals surface area contributed by atoms with Crippen LogP contribution >= 0.6 is 0 Å². The zero-order valence-corrected chi connectivity index (χ0v) is 10.3. The van der Waals surface area contributed by atoms with Crippen molar-refractivity contribution in [3.8, 4) is 0 Å². The molecule has 6 nitrogen and oxygen atoms in total. The average Bonchev–Trinajstić information content (AvgIpc) is 2.36. The van der Waals surface area contributed by atoms with Crippen LogP contribution < -0.4 is 5.73 Å². The largest absolute Gasteiger partial charge is 0.468 e. The van der Waals surface area contributed by atoms with Crippen LogP contribution in [0.1, 0.15) is 11.1 Å². The number of carbonyl (C=O) groups excluding carboxylic acids is 1. The maximum atomic E-state index is 12.8. The molecule has 1 aromatic rings. The molecule has 0 heterocycles. The van der Waals surface area contributed by atoms with Gasteiger partial charge in [0.15, 0.2) is 0 Å². The molecule has 1 rings (SSSR count). The molecule has 20 heavy (non-hydrogen) atoms. The number of carbonyl (C=O) groups is 1. The number of benzene rings is 1. The molecule has 0 saturated heterocycles. The van der Waals surface area contributed by atoms with E-state index in [2.05, 4.69) is 4.74 Å². The fraction of sp³-hybridized carbons (Fsp3) is 0.364. The molecule has 110 valence electrons. The van der Waals surface area contributed by atoms with Gasteiger partial charge in [-0.1, -0.05) is 6.07 Å². The van der Waals surface area contributed by atoms with Crippen molar-refractivity contribution < 1.29 is 27.6 Å². The Balaban J connectivity index is 3.19. The van der Waals surface area contributed by atoms with Gasteiger partial charge in [-0.2, -0.15) is 13.2 Å². The monoisotopic (exact) mass is 292 g/mol. The Morgan fingerprint density at radius 3 is 2.55 bits per heavy atom. The third-order valence-electron chi connectivity index (χ3n) is 2.55. The summed E-state index contributed by atoms with van der Waals surface area (Å²) in [4.78, 5) is 20.7. The first-order chi connectivity index (χ1) is 9.16. The van der Waals surface area contributed by atoms with Crippen molar-refractivity contribution >= 4 is 11.7 Å². The molecule has 0 spiro atoms. The number of hydrogen-bond acceptors (Lipinski definition) is 5. The lowest BCUT2D eigenvalue weighted by Crippen LogP contribution is -2.34. The van der Waals surface area contributed by atoms with Crippen LogP contribution in [0.5, 0.6) is 0 Å². The van der Waals surface area contributed by atoms with Gasteiger partial charge < -0.3 is 10.5 Å². The van der Waals surface area contributed by atoms with Crippen LogP contribution in [-0.4, -0.2) is 24.0 Å². The maximum absolute atomic E-state index is 12.8. The molecular formula is C11H11F3N2O4. The maximum Gasteiger partial charge on any atom is 0.416 e. The molecule has 0 fully saturated rings. The van der Waals surface area contributed by atoms with E-state index in [0.29, 0.717) is 6.07 Å². The van der Waals surface area contributed by atoms with E-state index in [-0.39, 0.29) is 5.56 Å². The topological polar surface area (TPSA) is 95.5 Å². The Labute approximate surface area is 111 Å². The third kappa shape index (κ3) is 3.67. The Bertz CT molecular complexity index is 531. The van der Waals surface area contributed by atoms with E-state index >= 15 is 0 Å². The van der Waals surface area contributed by atoms with E-state index in [9.17, 15) is 28.1 Å². The number of hydrogen-bond donors (Lipinski definition) is 1. The number of nitro groups is 1. The summed E-state index contributed by atoms with van der Waals surface area (Å²) >= 11 is 0. The summed E-state index contributed by atoms with van der Waals surface area (Å²) in [5.74, 6) is -0.864. The minimum absolute atomic E-state index is 0.305. The summed E-state index contributed by atoms with van der Waals surface area (Å²) in [6.45, 7) is 0. The van der Waals surface area contributed by atoms with E-state index in [1.165, 1.54) is 0 Å². The molecule has 0 aliphatic heterocycles. The Hall–Kier alpha value is -2.16. The van der Waals surface area contributed by atoms with Crippen molar-refractivity contribution in [3.05, 3.63) is 39.4 Å². The second kappa shape index (κ2) is 5.87. The second-order valence-corrected chi connectivity index (χ2v) is 3.93. The Kier molecular flexibility index (Phi) is 4.66. The Morgan fingerprint density at radius 2 is 2.10 bits per heavy atom. The normalized spacial score (nSPS) is 12.8. The first kappa shape index (κ1) is 15.9. The molecule has 1 aromatic carbocycles. The van der Waals surface area contributed by atoms with Crippen LogP contribution in [0.15, 0.2) is 18.2 Å². The van der Waals surface area contributed by atoms with Crippen LogP contribution in [0.2, 0.25) is 0 Å². The lowest BCUT2D eigenvalue weighted by atomic mass is 9.99. The fourth-order valence-corrected chi connectivity index (χ4v) is 1.59. The number of nitrogens with two attached hydrogens (primary N) is 1. The Morgan fingerprint density at radius 1 is 1.50 bits per heavy atom. The van der Waals surface area contributed by atoms with Crippen LogP contribution in [0, 0.1) is 10.1 Å². The van der Waals surface area contributed by atoms with Crippen molar-refractivity contribution in [2.45, 2.75) is 18.6 Å². The van der Waals surface area contributed by atoms with Gasteiger partial charge in [-0.15, -0.1) is 0 Å². The van der Waals surface area contributed by atoms with Crippen LogP contribution in [-0.2, 0) is 22.1 Å². The van der Waals surface area contributed by atoms with Gasteiger partial charge in [0.25, 0.3) is 5.69 Å². The number of nitro benzene ring substituents is 1. The number of halogens is 3. The zero-order chi connectivity index (χ0) is 15.5.